The van der Waals surface area contributed by atoms with Crippen molar-refractivity contribution in [1.29, 1.82) is 0 Å². The van der Waals surface area contributed by atoms with Crippen molar-refractivity contribution < 1.29 is 18.0 Å². The molecule has 0 heterocycles. The molecule has 5 rings (SSSR count). The smallest absolute Gasteiger partial charge is 0.264 e. The van der Waals surface area contributed by atoms with Crippen molar-refractivity contribution in [3.63, 3.8) is 0 Å². The van der Waals surface area contributed by atoms with E-state index >= 15 is 0 Å². The molecule has 0 saturated heterocycles. The van der Waals surface area contributed by atoms with Crippen molar-refractivity contribution in [2.75, 3.05) is 10.8 Å². The lowest BCUT2D eigenvalue weighted by molar-refractivity contribution is -0.140. The number of hydrogen-bond donors (Lipinski definition) is 1. The van der Waals surface area contributed by atoms with Crippen molar-refractivity contribution >= 4 is 39.1 Å². The molecule has 4 aromatic carbocycles. The quantitative estimate of drug-likeness (QED) is 0.179. The molecule has 1 aliphatic rings. The molecule has 1 N–H and O–H groups in total. The minimum Gasteiger partial charge on any atom is -0.352 e. The average Bonchev–Trinajstić information content (AvgIpc) is 3.07. The van der Waals surface area contributed by atoms with Crippen molar-refractivity contribution in [3.8, 4) is 0 Å². The van der Waals surface area contributed by atoms with Crippen LogP contribution in [0.25, 0.3) is 0 Å². The number of carbonyl (C=O) groups excluding carboxylic acids is 2. The molecule has 0 spiro atoms. The van der Waals surface area contributed by atoms with Gasteiger partial charge in [0.25, 0.3) is 10.0 Å². The maximum absolute atomic E-state index is 14.6. The van der Waals surface area contributed by atoms with Crippen LogP contribution in [0, 0.1) is 6.92 Å². The first-order chi connectivity index (χ1) is 22.2. The molecular weight excluding hydrogens is 618 g/mol. The van der Waals surface area contributed by atoms with Gasteiger partial charge in [-0.1, -0.05) is 110 Å². The van der Waals surface area contributed by atoms with E-state index in [4.69, 9.17) is 11.6 Å². The monoisotopic (exact) mass is 657 g/mol. The molecule has 0 aromatic heterocycles. The molecule has 1 saturated carbocycles. The number of benzene rings is 4. The van der Waals surface area contributed by atoms with Crippen LogP contribution < -0.4 is 9.62 Å². The maximum atomic E-state index is 14.6. The number of halogens is 1. The summed E-state index contributed by atoms with van der Waals surface area (Å²) in [7, 11) is -4.18. The molecule has 1 aliphatic carbocycles. The highest BCUT2D eigenvalue weighted by molar-refractivity contribution is 7.92. The first-order valence-corrected chi connectivity index (χ1v) is 17.6. The van der Waals surface area contributed by atoms with E-state index in [0.29, 0.717) is 16.3 Å². The predicted molar refractivity (Wildman–Crippen MR) is 183 cm³/mol. The van der Waals surface area contributed by atoms with Crippen molar-refractivity contribution in [2.45, 2.75) is 69.0 Å². The highest BCUT2D eigenvalue weighted by Gasteiger charge is 2.35. The minimum atomic E-state index is -4.18. The standard InChI is InChI=1S/C37H40ClN3O4S/c1-28-24-31(38)22-23-34(28)41(46(44,45)33-20-12-5-13-21-33)27-36(42)40(26-30-16-8-3-9-17-30)35(25-29-14-6-2-7-15-29)37(43)39-32-18-10-4-11-19-32/h2-3,5-9,12-17,20-24,32,35H,4,10-11,18-19,25-27H2,1H3,(H,39,43)/t35-/m1/s1. The summed E-state index contributed by atoms with van der Waals surface area (Å²) in [6.07, 6.45) is 5.32. The zero-order valence-electron chi connectivity index (χ0n) is 26.0. The van der Waals surface area contributed by atoms with E-state index in [1.165, 1.54) is 12.1 Å². The molecule has 0 bridgehead atoms. The lowest BCUT2D eigenvalue weighted by atomic mass is 9.94. The van der Waals surface area contributed by atoms with Gasteiger partial charge in [-0.05, 0) is 66.8 Å². The van der Waals surface area contributed by atoms with Crippen molar-refractivity contribution in [2.24, 2.45) is 0 Å². The second kappa shape index (κ2) is 15.4. The molecule has 0 unspecified atom stereocenters. The average molecular weight is 658 g/mol. The van der Waals surface area contributed by atoms with Gasteiger partial charge in [-0.3, -0.25) is 13.9 Å². The molecule has 240 valence electrons. The Morgan fingerprint density at radius 1 is 0.826 bits per heavy atom. The minimum absolute atomic E-state index is 0.0416. The molecule has 46 heavy (non-hydrogen) atoms. The number of sulfonamides is 1. The highest BCUT2D eigenvalue weighted by atomic mass is 35.5. The summed E-state index contributed by atoms with van der Waals surface area (Å²) in [5.41, 5.74) is 2.68. The molecule has 9 heteroatoms. The molecule has 7 nitrogen and oxygen atoms in total. The van der Waals surface area contributed by atoms with Gasteiger partial charge in [0.2, 0.25) is 11.8 Å². The first kappa shape index (κ1) is 33.2. The van der Waals surface area contributed by atoms with Gasteiger partial charge in [0.1, 0.15) is 12.6 Å². The van der Waals surface area contributed by atoms with Crippen LogP contribution in [0.15, 0.2) is 114 Å². The van der Waals surface area contributed by atoms with Gasteiger partial charge in [0.05, 0.1) is 10.6 Å². The SMILES string of the molecule is Cc1cc(Cl)ccc1N(CC(=O)N(Cc1ccccc1)[C@H](Cc1ccccc1)C(=O)NC1CCCCC1)S(=O)(=O)c1ccccc1. The van der Waals surface area contributed by atoms with Crippen molar-refractivity contribution in [3.05, 3.63) is 131 Å². The first-order valence-electron chi connectivity index (χ1n) is 15.7. The van der Waals surface area contributed by atoms with Crippen LogP contribution in [0.3, 0.4) is 0 Å². The summed E-state index contributed by atoms with van der Waals surface area (Å²) in [6, 6.07) is 31.2. The Morgan fingerprint density at radius 2 is 1.41 bits per heavy atom. The Labute approximate surface area is 277 Å². The van der Waals surface area contributed by atoms with Gasteiger partial charge in [0.15, 0.2) is 0 Å². The second-order valence-corrected chi connectivity index (χ2v) is 14.1. The van der Waals surface area contributed by atoms with Crippen LogP contribution in [0.5, 0.6) is 0 Å². The van der Waals surface area contributed by atoms with Gasteiger partial charge in [0, 0.05) is 24.0 Å². The second-order valence-electron chi connectivity index (χ2n) is 11.8. The zero-order chi connectivity index (χ0) is 32.5. The lowest BCUT2D eigenvalue weighted by Gasteiger charge is -2.35. The van der Waals surface area contributed by atoms with E-state index in [1.54, 1.807) is 48.2 Å². The molecule has 4 aromatic rings. The summed E-state index contributed by atoms with van der Waals surface area (Å²) in [4.78, 5) is 30.4. The Morgan fingerprint density at radius 3 is 2.02 bits per heavy atom. The normalized spacial score (nSPS) is 14.3. The fourth-order valence-corrected chi connectivity index (χ4v) is 7.74. The zero-order valence-corrected chi connectivity index (χ0v) is 27.6. The van der Waals surface area contributed by atoms with E-state index in [-0.39, 0.29) is 29.8 Å². The number of nitrogens with one attached hydrogen (secondary N) is 1. The van der Waals surface area contributed by atoms with E-state index in [0.717, 1.165) is 47.5 Å². The van der Waals surface area contributed by atoms with E-state index in [2.05, 4.69) is 5.32 Å². The van der Waals surface area contributed by atoms with Crippen LogP contribution in [0.2, 0.25) is 5.02 Å². The summed E-state index contributed by atoms with van der Waals surface area (Å²) >= 11 is 6.25. The van der Waals surface area contributed by atoms with Gasteiger partial charge < -0.3 is 10.2 Å². The number of nitrogens with zero attached hydrogens (tertiary/aromatic N) is 2. The molecule has 0 aliphatic heterocycles. The van der Waals surface area contributed by atoms with Crippen molar-refractivity contribution in [1.82, 2.24) is 10.2 Å². The summed E-state index contributed by atoms with van der Waals surface area (Å²) in [5.74, 6) is -0.724. The number of rotatable bonds is 12. The Hall–Kier alpha value is -4.14. The maximum Gasteiger partial charge on any atom is 0.264 e. The van der Waals surface area contributed by atoms with Gasteiger partial charge in [-0.15, -0.1) is 0 Å². The molecular formula is C37H40ClN3O4S. The van der Waals surface area contributed by atoms with Gasteiger partial charge >= 0.3 is 0 Å². The highest BCUT2D eigenvalue weighted by Crippen LogP contribution is 2.30. The third kappa shape index (κ3) is 8.36. The molecule has 2 amide bonds. The summed E-state index contributed by atoms with van der Waals surface area (Å²) in [5, 5.41) is 3.69. The van der Waals surface area contributed by atoms with E-state index in [9.17, 15) is 18.0 Å². The third-order valence-corrected chi connectivity index (χ3v) is 10.5. The van der Waals surface area contributed by atoms with Crippen LogP contribution in [0.1, 0.15) is 48.8 Å². The fourth-order valence-electron chi connectivity index (χ4n) is 6.01. The number of carbonyl (C=O) groups is 2. The van der Waals surface area contributed by atoms with E-state index < -0.39 is 28.5 Å². The third-order valence-electron chi connectivity index (χ3n) is 8.46. The van der Waals surface area contributed by atoms with Crippen LogP contribution in [-0.2, 0) is 32.6 Å². The van der Waals surface area contributed by atoms with Gasteiger partial charge in [-0.25, -0.2) is 8.42 Å². The van der Waals surface area contributed by atoms with Crippen LogP contribution in [0.4, 0.5) is 5.69 Å². The summed E-state index contributed by atoms with van der Waals surface area (Å²) in [6.45, 7) is 1.39. The fraction of sp³-hybridized carbons (Fsp3) is 0.297. The Bertz CT molecular complexity index is 1710. The summed E-state index contributed by atoms with van der Waals surface area (Å²) < 4.78 is 29.5. The van der Waals surface area contributed by atoms with E-state index in [1.807, 2.05) is 60.7 Å². The number of aryl methyl sites for hydroxylation is 1. The largest absolute Gasteiger partial charge is 0.352 e. The lowest BCUT2D eigenvalue weighted by Crippen LogP contribution is -2.55. The molecule has 1 fully saturated rings. The molecule has 1 atom stereocenters. The number of anilines is 1. The number of amides is 2. The molecule has 0 radical (unpaired) electrons. The predicted octanol–water partition coefficient (Wildman–Crippen LogP) is 6.93. The Kier molecular flexibility index (Phi) is 11.1. The topological polar surface area (TPSA) is 86.8 Å². The van der Waals surface area contributed by atoms with Crippen LogP contribution in [-0.4, -0.2) is 43.8 Å². The van der Waals surface area contributed by atoms with Crippen LogP contribution >= 0.6 is 11.6 Å². The van der Waals surface area contributed by atoms with Gasteiger partial charge in [-0.2, -0.15) is 0 Å². The number of hydrogen-bond acceptors (Lipinski definition) is 4. The Balaban J connectivity index is 1.56.